The first-order chi connectivity index (χ1) is 16.1. The third kappa shape index (κ3) is 4.83. The van der Waals surface area contributed by atoms with Crippen LogP contribution in [0, 0.1) is 5.92 Å². The summed E-state index contributed by atoms with van der Waals surface area (Å²) in [5.74, 6) is 0.549. The van der Waals surface area contributed by atoms with Crippen molar-refractivity contribution in [2.45, 2.75) is 31.8 Å². The minimum Gasteiger partial charge on any atom is -0.478 e. The Hall–Kier alpha value is -3.45. The van der Waals surface area contributed by atoms with Crippen molar-refractivity contribution in [3.8, 4) is 0 Å². The summed E-state index contributed by atoms with van der Waals surface area (Å²) in [4.78, 5) is 31.3. The highest BCUT2D eigenvalue weighted by atomic mass is 16.4. The summed E-state index contributed by atoms with van der Waals surface area (Å²) in [7, 11) is 0. The Morgan fingerprint density at radius 2 is 1.88 bits per heavy atom. The topological polar surface area (TPSA) is 87.5 Å². The minimum absolute atomic E-state index is 0.0564. The standard InChI is InChI=1S/C26H28N4O3/c31-25(27-12-11-18-5-4-8-21(15-18)26(32)33)22-17-30-14-13-29(16-19-9-10-19)23(24(30)28-22)20-6-2-1-3-7-20/h1-8,15,17,19,23H,9-14,16H2,(H,27,31)(H,32,33). The number of nitrogens with one attached hydrogen (secondary N) is 1. The summed E-state index contributed by atoms with van der Waals surface area (Å²) in [6.45, 7) is 3.26. The molecule has 2 aliphatic rings. The van der Waals surface area contributed by atoms with Gasteiger partial charge in [-0.1, -0.05) is 42.5 Å². The molecule has 1 aromatic heterocycles. The number of carboxylic acid groups (broad SMARTS) is 1. The maximum atomic E-state index is 12.8. The van der Waals surface area contributed by atoms with Crippen molar-refractivity contribution < 1.29 is 14.7 Å². The van der Waals surface area contributed by atoms with Gasteiger partial charge in [0.25, 0.3) is 5.91 Å². The number of hydrogen-bond acceptors (Lipinski definition) is 4. The van der Waals surface area contributed by atoms with Gasteiger partial charge in [0, 0.05) is 32.4 Å². The molecule has 3 aromatic rings. The number of imidazole rings is 1. The summed E-state index contributed by atoms with van der Waals surface area (Å²) >= 11 is 0. The highest BCUT2D eigenvalue weighted by Crippen LogP contribution is 2.37. The number of fused-ring (bicyclic) bond motifs is 1. The van der Waals surface area contributed by atoms with Crippen molar-refractivity contribution in [2.24, 2.45) is 5.92 Å². The van der Waals surface area contributed by atoms with E-state index >= 15 is 0 Å². The van der Waals surface area contributed by atoms with Crippen molar-refractivity contribution in [1.82, 2.24) is 19.8 Å². The summed E-state index contributed by atoms with van der Waals surface area (Å²) in [5, 5.41) is 12.1. The highest BCUT2D eigenvalue weighted by molar-refractivity contribution is 5.92. The second kappa shape index (κ2) is 9.19. The fraction of sp³-hybridized carbons (Fsp3) is 0.346. The molecule has 1 atom stereocenters. The van der Waals surface area contributed by atoms with Crippen molar-refractivity contribution in [3.63, 3.8) is 0 Å². The summed E-state index contributed by atoms with van der Waals surface area (Å²) in [5.41, 5.74) is 2.76. The van der Waals surface area contributed by atoms with Crippen LogP contribution in [0.2, 0.25) is 0 Å². The van der Waals surface area contributed by atoms with Gasteiger partial charge in [-0.25, -0.2) is 9.78 Å². The molecule has 7 heteroatoms. The largest absolute Gasteiger partial charge is 0.478 e. The zero-order valence-electron chi connectivity index (χ0n) is 18.5. The number of rotatable bonds is 8. The van der Waals surface area contributed by atoms with Gasteiger partial charge in [0.15, 0.2) is 0 Å². The number of carboxylic acids is 1. The van der Waals surface area contributed by atoms with E-state index < -0.39 is 5.97 Å². The number of carbonyl (C=O) groups excluding carboxylic acids is 1. The average Bonchev–Trinajstić information content (AvgIpc) is 3.54. The van der Waals surface area contributed by atoms with Crippen LogP contribution in [0.15, 0.2) is 60.8 Å². The first-order valence-electron chi connectivity index (χ1n) is 11.5. The SMILES string of the molecule is O=C(O)c1cccc(CCNC(=O)c2cn3c(n2)C(c2ccccc2)N(CC2CC2)CC3)c1. The molecule has 7 nitrogen and oxygen atoms in total. The molecule has 1 fully saturated rings. The van der Waals surface area contributed by atoms with Crippen LogP contribution < -0.4 is 5.32 Å². The lowest BCUT2D eigenvalue weighted by molar-refractivity contribution is 0.0696. The molecule has 170 valence electrons. The molecule has 2 aromatic carbocycles. The summed E-state index contributed by atoms with van der Waals surface area (Å²) in [6, 6.07) is 17.3. The second-order valence-corrected chi connectivity index (χ2v) is 8.94. The molecule has 33 heavy (non-hydrogen) atoms. The third-order valence-corrected chi connectivity index (χ3v) is 6.46. The molecule has 2 N–H and O–H groups in total. The second-order valence-electron chi connectivity index (χ2n) is 8.94. The van der Waals surface area contributed by atoms with Gasteiger partial charge in [-0.15, -0.1) is 0 Å². The molecule has 0 saturated heterocycles. The smallest absolute Gasteiger partial charge is 0.335 e. The number of carbonyl (C=O) groups is 2. The molecule has 1 aliphatic carbocycles. The Labute approximate surface area is 193 Å². The molecular formula is C26H28N4O3. The van der Waals surface area contributed by atoms with E-state index in [0.29, 0.717) is 18.7 Å². The molecule has 1 unspecified atom stereocenters. The van der Waals surface area contributed by atoms with E-state index in [9.17, 15) is 9.59 Å². The van der Waals surface area contributed by atoms with Crippen LogP contribution in [0.4, 0.5) is 0 Å². The normalized spacial score (nSPS) is 18.0. The molecule has 1 aliphatic heterocycles. The Morgan fingerprint density at radius 3 is 2.64 bits per heavy atom. The van der Waals surface area contributed by atoms with E-state index in [-0.39, 0.29) is 17.5 Å². The molecule has 0 radical (unpaired) electrons. The Kier molecular flexibility index (Phi) is 5.96. The van der Waals surface area contributed by atoms with E-state index in [2.05, 4.69) is 39.0 Å². The highest BCUT2D eigenvalue weighted by Gasteiger charge is 2.35. The van der Waals surface area contributed by atoms with Gasteiger partial charge in [-0.2, -0.15) is 0 Å². The number of aromatic nitrogens is 2. The summed E-state index contributed by atoms with van der Waals surface area (Å²) < 4.78 is 2.12. The third-order valence-electron chi connectivity index (χ3n) is 6.46. The van der Waals surface area contributed by atoms with Crippen molar-refractivity contribution in [1.29, 1.82) is 0 Å². The van der Waals surface area contributed by atoms with Gasteiger partial charge in [-0.05, 0) is 48.4 Å². The number of aromatic carboxylic acids is 1. The molecule has 2 heterocycles. The monoisotopic (exact) mass is 444 g/mol. The molecule has 5 rings (SSSR count). The molecule has 1 saturated carbocycles. The lowest BCUT2D eigenvalue weighted by atomic mass is 10.0. The van der Waals surface area contributed by atoms with Crippen molar-refractivity contribution >= 4 is 11.9 Å². The zero-order chi connectivity index (χ0) is 22.8. The predicted octanol–water partition coefficient (Wildman–Crippen LogP) is 3.37. The molecule has 0 bridgehead atoms. The lowest BCUT2D eigenvalue weighted by Crippen LogP contribution is -2.40. The van der Waals surface area contributed by atoms with Crippen molar-refractivity contribution in [3.05, 3.63) is 89.0 Å². The van der Waals surface area contributed by atoms with Gasteiger partial charge >= 0.3 is 5.97 Å². The average molecular weight is 445 g/mol. The van der Waals surface area contributed by atoms with Crippen LogP contribution in [0.3, 0.4) is 0 Å². The zero-order valence-corrected chi connectivity index (χ0v) is 18.5. The van der Waals surface area contributed by atoms with Crippen LogP contribution in [-0.2, 0) is 13.0 Å². The maximum absolute atomic E-state index is 12.8. The Morgan fingerprint density at radius 1 is 1.06 bits per heavy atom. The van der Waals surface area contributed by atoms with E-state index in [1.165, 1.54) is 18.4 Å². The molecular weight excluding hydrogens is 416 g/mol. The fourth-order valence-corrected chi connectivity index (χ4v) is 4.56. The van der Waals surface area contributed by atoms with Gasteiger partial charge in [0.05, 0.1) is 11.6 Å². The summed E-state index contributed by atoms with van der Waals surface area (Å²) in [6.07, 6.45) is 5.02. The fourth-order valence-electron chi connectivity index (χ4n) is 4.56. The molecule has 1 amide bonds. The van der Waals surface area contributed by atoms with Crippen LogP contribution in [0.5, 0.6) is 0 Å². The van der Waals surface area contributed by atoms with E-state index in [1.807, 2.05) is 18.3 Å². The number of benzene rings is 2. The quantitative estimate of drug-likeness (QED) is 0.556. The van der Waals surface area contributed by atoms with E-state index in [4.69, 9.17) is 10.1 Å². The van der Waals surface area contributed by atoms with Gasteiger partial charge in [0.2, 0.25) is 0 Å². The number of amides is 1. The Bertz CT molecular complexity index is 1150. The van der Waals surface area contributed by atoms with Crippen molar-refractivity contribution in [2.75, 3.05) is 19.6 Å². The Balaban J connectivity index is 1.29. The predicted molar refractivity (Wildman–Crippen MR) is 124 cm³/mol. The maximum Gasteiger partial charge on any atom is 0.335 e. The van der Waals surface area contributed by atoms with Crippen LogP contribution in [-0.4, -0.2) is 51.1 Å². The van der Waals surface area contributed by atoms with E-state index in [1.54, 1.807) is 18.2 Å². The first-order valence-corrected chi connectivity index (χ1v) is 11.5. The van der Waals surface area contributed by atoms with Crippen LogP contribution in [0.25, 0.3) is 0 Å². The lowest BCUT2D eigenvalue weighted by Gasteiger charge is -2.36. The van der Waals surface area contributed by atoms with Crippen LogP contribution >= 0.6 is 0 Å². The number of nitrogens with zero attached hydrogens (tertiary/aromatic N) is 3. The van der Waals surface area contributed by atoms with Gasteiger partial charge in [0.1, 0.15) is 11.5 Å². The minimum atomic E-state index is -0.951. The number of hydrogen-bond donors (Lipinski definition) is 2. The van der Waals surface area contributed by atoms with Crippen LogP contribution in [0.1, 0.15) is 56.7 Å². The first kappa shape index (κ1) is 21.4. The molecule has 0 spiro atoms. The van der Waals surface area contributed by atoms with Gasteiger partial charge in [-0.3, -0.25) is 9.69 Å². The van der Waals surface area contributed by atoms with Gasteiger partial charge < -0.3 is 15.0 Å². The van der Waals surface area contributed by atoms with E-state index in [0.717, 1.165) is 36.9 Å².